The number of ether oxygens (including phenoxy) is 1. The maximum absolute atomic E-state index is 13.0. The van der Waals surface area contributed by atoms with Crippen LogP contribution in [0, 0.1) is 6.92 Å². The van der Waals surface area contributed by atoms with Crippen molar-refractivity contribution in [2.24, 2.45) is 0 Å². The Morgan fingerprint density at radius 3 is 2.84 bits per heavy atom. The Kier molecular flexibility index (Phi) is 5.13. The lowest BCUT2D eigenvalue weighted by molar-refractivity contribution is 0.102. The van der Waals surface area contributed by atoms with Gasteiger partial charge in [-0.15, -0.1) is 0 Å². The number of hydrogen-bond donors (Lipinski definition) is 1. The van der Waals surface area contributed by atoms with Crippen molar-refractivity contribution in [3.8, 4) is 5.75 Å². The smallest absolute Gasteiger partial charge is 0.261 e. The number of anilines is 1. The van der Waals surface area contributed by atoms with Crippen LogP contribution in [0.1, 0.15) is 41.4 Å². The molecule has 1 aliphatic heterocycles. The third-order valence-electron chi connectivity index (χ3n) is 4.39. The van der Waals surface area contributed by atoms with Gasteiger partial charge in [0.25, 0.3) is 11.5 Å². The van der Waals surface area contributed by atoms with E-state index in [9.17, 15) is 9.59 Å². The number of rotatable bonds is 4. The molecule has 0 saturated heterocycles. The van der Waals surface area contributed by atoms with Gasteiger partial charge in [0.15, 0.2) is 0 Å². The summed E-state index contributed by atoms with van der Waals surface area (Å²) in [7, 11) is 0. The largest absolute Gasteiger partial charge is 0.493 e. The van der Waals surface area contributed by atoms with Gasteiger partial charge in [0, 0.05) is 29.0 Å². The van der Waals surface area contributed by atoms with E-state index in [1.165, 1.54) is 6.07 Å². The van der Waals surface area contributed by atoms with Gasteiger partial charge in [0.05, 0.1) is 6.61 Å². The first kappa shape index (κ1) is 17.5. The summed E-state index contributed by atoms with van der Waals surface area (Å²) in [5.41, 5.74) is 2.66. The van der Waals surface area contributed by atoms with Gasteiger partial charge in [-0.05, 0) is 56.9 Å². The van der Waals surface area contributed by atoms with Crippen LogP contribution in [0.5, 0.6) is 5.75 Å². The summed E-state index contributed by atoms with van der Waals surface area (Å²) in [6, 6.07) is 6.73. The maximum Gasteiger partial charge on any atom is 0.261 e. The molecule has 2 aromatic rings. The van der Waals surface area contributed by atoms with Crippen LogP contribution in [0.4, 0.5) is 5.69 Å². The second kappa shape index (κ2) is 7.31. The molecule has 2 heterocycles. The number of benzene rings is 1. The Balaban J connectivity index is 2.05. The van der Waals surface area contributed by atoms with Crippen molar-refractivity contribution in [1.29, 1.82) is 0 Å². The van der Waals surface area contributed by atoms with Crippen LogP contribution in [0.2, 0.25) is 5.02 Å². The van der Waals surface area contributed by atoms with Gasteiger partial charge >= 0.3 is 0 Å². The minimum absolute atomic E-state index is 0.114. The number of halogens is 1. The highest BCUT2D eigenvalue weighted by Crippen LogP contribution is 2.27. The summed E-state index contributed by atoms with van der Waals surface area (Å²) in [6.07, 6.45) is 2.59. The minimum atomic E-state index is -0.264. The lowest BCUT2D eigenvalue weighted by Gasteiger charge is -2.23. The topological polar surface area (TPSA) is 60.3 Å². The number of pyridine rings is 1. The van der Waals surface area contributed by atoms with Crippen LogP contribution >= 0.6 is 11.6 Å². The quantitative estimate of drug-likeness (QED) is 0.902. The highest BCUT2D eigenvalue weighted by molar-refractivity contribution is 6.30. The van der Waals surface area contributed by atoms with Crippen LogP contribution in [0.3, 0.4) is 0 Å². The predicted molar refractivity (Wildman–Crippen MR) is 99.0 cm³/mol. The molecule has 0 saturated carbocycles. The molecule has 25 heavy (non-hydrogen) atoms. The average molecular weight is 361 g/mol. The highest BCUT2D eigenvalue weighted by atomic mass is 35.5. The molecule has 1 aromatic carbocycles. The van der Waals surface area contributed by atoms with Gasteiger partial charge < -0.3 is 14.6 Å². The van der Waals surface area contributed by atoms with E-state index in [1.807, 2.05) is 13.8 Å². The number of carbonyl (C=O) groups excluding carboxylic acids is 1. The van der Waals surface area contributed by atoms with Gasteiger partial charge in [-0.1, -0.05) is 11.6 Å². The molecule has 3 rings (SSSR count). The number of amides is 1. The summed E-state index contributed by atoms with van der Waals surface area (Å²) in [6.45, 7) is 4.75. The fourth-order valence-corrected chi connectivity index (χ4v) is 3.43. The first-order valence-corrected chi connectivity index (χ1v) is 8.86. The second-order valence-electron chi connectivity index (χ2n) is 6.12. The van der Waals surface area contributed by atoms with Crippen LogP contribution < -0.4 is 15.6 Å². The fraction of sp³-hybridized carbons (Fsp3) is 0.368. The second-order valence-corrected chi connectivity index (χ2v) is 6.56. The van der Waals surface area contributed by atoms with Gasteiger partial charge in [0.2, 0.25) is 0 Å². The number of nitrogens with zero attached hydrogens (tertiary/aromatic N) is 1. The highest BCUT2D eigenvalue weighted by Gasteiger charge is 2.24. The summed E-state index contributed by atoms with van der Waals surface area (Å²) in [4.78, 5) is 25.3. The molecule has 0 atom stereocenters. The zero-order valence-corrected chi connectivity index (χ0v) is 15.2. The van der Waals surface area contributed by atoms with Crippen molar-refractivity contribution < 1.29 is 9.53 Å². The zero-order chi connectivity index (χ0) is 18.0. The number of fused-ring (bicyclic) bond motifs is 1. The Labute approximate surface area is 151 Å². The van der Waals surface area contributed by atoms with Crippen molar-refractivity contribution in [3.05, 3.63) is 56.5 Å². The van der Waals surface area contributed by atoms with Gasteiger partial charge in [-0.2, -0.15) is 0 Å². The molecule has 0 fully saturated rings. The fourth-order valence-electron chi connectivity index (χ4n) is 3.20. The van der Waals surface area contributed by atoms with E-state index < -0.39 is 0 Å². The standard InChI is InChI=1S/C19H21ClN2O3/c1-3-25-16-11-17(23)22-9-5-4-6-15(22)18(16)19(24)21-14-8-7-13(20)10-12(14)2/h7-8,10-11H,3-6,9H2,1-2H3,(H,21,24). The molecule has 0 bridgehead atoms. The summed E-state index contributed by atoms with van der Waals surface area (Å²) < 4.78 is 7.29. The van der Waals surface area contributed by atoms with Crippen molar-refractivity contribution in [1.82, 2.24) is 4.57 Å². The van der Waals surface area contributed by atoms with E-state index in [1.54, 1.807) is 22.8 Å². The van der Waals surface area contributed by atoms with E-state index in [-0.39, 0.29) is 11.5 Å². The molecule has 1 aliphatic rings. The van der Waals surface area contributed by atoms with Crippen LogP contribution in [-0.4, -0.2) is 17.1 Å². The molecule has 0 spiro atoms. The third-order valence-corrected chi connectivity index (χ3v) is 4.63. The molecule has 0 unspecified atom stereocenters. The first-order chi connectivity index (χ1) is 12.0. The molecule has 1 amide bonds. The predicted octanol–water partition coefficient (Wildman–Crippen LogP) is 3.80. The molecule has 0 radical (unpaired) electrons. The lowest BCUT2D eigenvalue weighted by Crippen LogP contribution is -2.31. The number of aromatic nitrogens is 1. The summed E-state index contributed by atoms with van der Waals surface area (Å²) in [5, 5.41) is 3.55. The maximum atomic E-state index is 13.0. The lowest BCUT2D eigenvalue weighted by atomic mass is 10.0. The van der Waals surface area contributed by atoms with Crippen LogP contribution in [0.25, 0.3) is 0 Å². The van der Waals surface area contributed by atoms with Crippen molar-refractivity contribution in [3.63, 3.8) is 0 Å². The van der Waals surface area contributed by atoms with Crippen LogP contribution in [0.15, 0.2) is 29.1 Å². The molecule has 1 N–H and O–H groups in total. The number of hydrogen-bond acceptors (Lipinski definition) is 3. The van der Waals surface area contributed by atoms with E-state index in [0.29, 0.717) is 41.6 Å². The molecule has 6 heteroatoms. The summed E-state index contributed by atoms with van der Waals surface area (Å²) >= 11 is 5.98. The molecule has 1 aromatic heterocycles. The van der Waals surface area contributed by atoms with Gasteiger partial charge in [-0.3, -0.25) is 9.59 Å². The van der Waals surface area contributed by atoms with Crippen molar-refractivity contribution in [2.45, 2.75) is 39.7 Å². The molecule has 0 aliphatic carbocycles. The van der Waals surface area contributed by atoms with Gasteiger partial charge in [-0.25, -0.2) is 0 Å². The Bertz CT molecular complexity index is 874. The van der Waals surface area contributed by atoms with Crippen molar-refractivity contribution >= 4 is 23.2 Å². The number of carbonyl (C=O) groups is 1. The number of aryl methyl sites for hydroxylation is 1. The molecule has 132 valence electrons. The number of nitrogens with one attached hydrogen (secondary N) is 1. The van der Waals surface area contributed by atoms with E-state index in [0.717, 1.165) is 24.1 Å². The molecule has 5 nitrogen and oxygen atoms in total. The van der Waals surface area contributed by atoms with Gasteiger partial charge in [0.1, 0.15) is 11.3 Å². The van der Waals surface area contributed by atoms with Crippen LogP contribution in [-0.2, 0) is 13.0 Å². The molecular formula is C19H21ClN2O3. The Hall–Kier alpha value is -2.27. The SMILES string of the molecule is CCOc1cc(=O)n2c(c1C(=O)Nc1ccc(Cl)cc1C)CCCC2. The molecular weight excluding hydrogens is 340 g/mol. The minimum Gasteiger partial charge on any atom is -0.493 e. The normalized spacial score (nSPS) is 13.2. The average Bonchev–Trinajstić information content (AvgIpc) is 2.58. The van der Waals surface area contributed by atoms with E-state index in [2.05, 4.69) is 5.32 Å². The monoisotopic (exact) mass is 360 g/mol. The Morgan fingerprint density at radius 1 is 1.32 bits per heavy atom. The third kappa shape index (κ3) is 3.56. The van der Waals surface area contributed by atoms with E-state index >= 15 is 0 Å². The first-order valence-electron chi connectivity index (χ1n) is 8.48. The Morgan fingerprint density at radius 2 is 2.12 bits per heavy atom. The zero-order valence-electron chi connectivity index (χ0n) is 14.4. The van der Waals surface area contributed by atoms with E-state index in [4.69, 9.17) is 16.3 Å². The van der Waals surface area contributed by atoms with Crippen molar-refractivity contribution in [2.75, 3.05) is 11.9 Å². The summed E-state index contributed by atoms with van der Waals surface area (Å²) in [5.74, 6) is 0.0873.